The highest BCUT2D eigenvalue weighted by molar-refractivity contribution is 6.53. The molecule has 0 spiro atoms. The lowest BCUT2D eigenvalue weighted by atomic mass is 10.1. The maximum Gasteiger partial charge on any atom is 0.343 e. The first-order valence-electron chi connectivity index (χ1n) is 10.9. The summed E-state index contributed by atoms with van der Waals surface area (Å²) in [6, 6.07) is 15.5. The number of carbonyl (C=O) groups excluding carboxylic acids is 4. The molecule has 0 fully saturated rings. The first-order chi connectivity index (χ1) is 17.6. The molecule has 188 valence electrons. The lowest BCUT2D eigenvalue weighted by Crippen LogP contribution is -2.33. The van der Waals surface area contributed by atoms with Crippen molar-refractivity contribution in [3.8, 4) is 5.75 Å². The monoisotopic (exact) mass is 538 g/mol. The van der Waals surface area contributed by atoms with Gasteiger partial charge in [0.2, 0.25) is 0 Å². The van der Waals surface area contributed by atoms with E-state index in [4.69, 9.17) is 32.7 Å². The molecule has 37 heavy (non-hydrogen) atoms. The fraction of sp³-hybridized carbons (Fsp3) is 0.111. The van der Waals surface area contributed by atoms with Gasteiger partial charge in [-0.2, -0.15) is 0 Å². The zero-order valence-electron chi connectivity index (χ0n) is 19.9. The molecule has 10 heteroatoms. The van der Waals surface area contributed by atoms with Gasteiger partial charge in [0.1, 0.15) is 16.5 Å². The van der Waals surface area contributed by atoms with Crippen LogP contribution in [0, 0.1) is 13.8 Å². The Bertz CT molecular complexity index is 1460. The number of aryl methyl sites for hydroxylation is 2. The number of carbonyl (C=O) groups is 4. The number of hydrogen-bond acceptors (Lipinski definition) is 7. The van der Waals surface area contributed by atoms with Crippen LogP contribution in [0.15, 0.2) is 71.4 Å². The van der Waals surface area contributed by atoms with Gasteiger partial charge in [-0.15, -0.1) is 0 Å². The molecule has 0 unspecified atom stereocenters. The largest absolute Gasteiger partial charge is 0.465 e. The van der Waals surface area contributed by atoms with E-state index in [1.807, 2.05) is 13.8 Å². The van der Waals surface area contributed by atoms with E-state index >= 15 is 0 Å². The number of halogens is 2. The van der Waals surface area contributed by atoms with Crippen molar-refractivity contribution in [3.63, 3.8) is 0 Å². The summed E-state index contributed by atoms with van der Waals surface area (Å²) in [6.07, 6.45) is 0. The molecule has 3 aromatic carbocycles. The third kappa shape index (κ3) is 5.07. The molecule has 1 N–H and O–H groups in total. The number of hydrogen-bond donors (Lipinski definition) is 1. The molecule has 1 heterocycles. The molecule has 0 radical (unpaired) electrons. The maximum absolute atomic E-state index is 13.1. The second-order valence-electron chi connectivity index (χ2n) is 8.11. The van der Waals surface area contributed by atoms with E-state index in [1.165, 1.54) is 43.5 Å². The van der Waals surface area contributed by atoms with E-state index < -0.39 is 23.8 Å². The van der Waals surface area contributed by atoms with E-state index in [1.54, 1.807) is 24.3 Å². The third-order valence-electron chi connectivity index (χ3n) is 5.59. The predicted molar refractivity (Wildman–Crippen MR) is 139 cm³/mol. The fourth-order valence-electron chi connectivity index (χ4n) is 3.75. The molecule has 0 saturated carbocycles. The molecule has 0 aliphatic carbocycles. The molecule has 0 bridgehead atoms. The van der Waals surface area contributed by atoms with Gasteiger partial charge in [0.05, 0.1) is 23.9 Å². The highest BCUT2D eigenvalue weighted by atomic mass is 35.5. The molecule has 0 atom stereocenters. The first-order valence-corrected chi connectivity index (χ1v) is 11.7. The lowest BCUT2D eigenvalue weighted by Gasteiger charge is -2.17. The summed E-state index contributed by atoms with van der Waals surface area (Å²) in [5, 5.41) is 3.08. The minimum Gasteiger partial charge on any atom is -0.465 e. The Hall–Kier alpha value is -4.14. The van der Waals surface area contributed by atoms with Gasteiger partial charge >= 0.3 is 11.9 Å². The standard InChI is InChI=1S/C27H20Cl2N2O6/c1-14-12-18(13-15(2)21(14)28)37-26(34)16-8-10-17(11-9-16)30-23-22(29)24(32)31(25(23)33)20-7-5-4-6-19(20)27(35)36-3/h4-13,30H,1-3H3. The van der Waals surface area contributed by atoms with Crippen LogP contribution >= 0.6 is 23.2 Å². The van der Waals surface area contributed by atoms with Crippen LogP contribution in [-0.4, -0.2) is 30.9 Å². The zero-order valence-corrected chi connectivity index (χ0v) is 21.4. The van der Waals surface area contributed by atoms with E-state index in [0.717, 1.165) is 16.0 Å². The van der Waals surface area contributed by atoms with Gasteiger partial charge in [0.15, 0.2) is 0 Å². The van der Waals surface area contributed by atoms with Crippen molar-refractivity contribution >= 4 is 58.3 Å². The van der Waals surface area contributed by atoms with Gasteiger partial charge in [-0.3, -0.25) is 9.59 Å². The first kappa shape index (κ1) is 25.9. The van der Waals surface area contributed by atoms with E-state index in [0.29, 0.717) is 16.5 Å². The molecule has 0 saturated heterocycles. The van der Waals surface area contributed by atoms with Crippen LogP contribution in [0.1, 0.15) is 31.8 Å². The molecule has 1 aliphatic rings. The SMILES string of the molecule is COC(=O)c1ccccc1N1C(=O)C(Cl)=C(Nc2ccc(C(=O)Oc3cc(C)c(Cl)c(C)c3)cc2)C1=O. The summed E-state index contributed by atoms with van der Waals surface area (Å²) in [5.74, 6) is -2.46. The Labute approximate surface area is 222 Å². The van der Waals surface area contributed by atoms with Gasteiger partial charge in [0.25, 0.3) is 11.8 Å². The number of methoxy groups -OCH3 is 1. The Morgan fingerprint density at radius 3 is 2.11 bits per heavy atom. The van der Waals surface area contributed by atoms with Crippen molar-refractivity contribution in [1.82, 2.24) is 0 Å². The Morgan fingerprint density at radius 1 is 0.865 bits per heavy atom. The maximum atomic E-state index is 13.1. The summed E-state index contributed by atoms with van der Waals surface area (Å²) in [4.78, 5) is 51.5. The molecule has 2 amide bonds. The van der Waals surface area contributed by atoms with Crippen LogP contribution < -0.4 is 15.0 Å². The minimum absolute atomic E-state index is 0.0337. The Kier molecular flexibility index (Phi) is 7.33. The van der Waals surface area contributed by atoms with Crippen LogP contribution in [-0.2, 0) is 14.3 Å². The van der Waals surface area contributed by atoms with Crippen LogP contribution in [0.3, 0.4) is 0 Å². The number of imide groups is 1. The highest BCUT2D eigenvalue weighted by Crippen LogP contribution is 2.32. The van der Waals surface area contributed by atoms with Gasteiger partial charge in [-0.25, -0.2) is 14.5 Å². The van der Waals surface area contributed by atoms with Gasteiger partial charge in [-0.1, -0.05) is 35.3 Å². The van der Waals surface area contributed by atoms with Gasteiger partial charge in [-0.05, 0) is 73.5 Å². The van der Waals surface area contributed by atoms with Crippen molar-refractivity contribution in [2.24, 2.45) is 0 Å². The summed E-state index contributed by atoms with van der Waals surface area (Å²) >= 11 is 12.4. The van der Waals surface area contributed by atoms with E-state index in [9.17, 15) is 19.2 Å². The topological polar surface area (TPSA) is 102 Å². The summed E-state index contributed by atoms with van der Waals surface area (Å²) < 4.78 is 10.2. The molecule has 0 aromatic heterocycles. The number of rotatable bonds is 6. The Balaban J connectivity index is 1.51. The summed E-state index contributed by atoms with van der Waals surface area (Å²) in [5.41, 5.74) is 2.14. The Morgan fingerprint density at radius 2 is 1.49 bits per heavy atom. The second-order valence-corrected chi connectivity index (χ2v) is 8.86. The van der Waals surface area contributed by atoms with Crippen molar-refractivity contribution in [2.45, 2.75) is 13.8 Å². The zero-order chi connectivity index (χ0) is 26.9. The molecule has 1 aliphatic heterocycles. The van der Waals surface area contributed by atoms with Crippen LogP contribution in [0.5, 0.6) is 5.75 Å². The molecule has 3 aromatic rings. The quantitative estimate of drug-likeness (QED) is 0.254. The third-order valence-corrected chi connectivity index (χ3v) is 6.53. The smallest absolute Gasteiger partial charge is 0.343 e. The number of amides is 2. The number of benzene rings is 3. The number of anilines is 2. The number of nitrogens with one attached hydrogen (secondary N) is 1. The average molecular weight is 539 g/mol. The predicted octanol–water partition coefficient (Wildman–Crippen LogP) is 5.40. The van der Waals surface area contributed by atoms with Gasteiger partial charge in [0, 0.05) is 10.7 Å². The van der Waals surface area contributed by atoms with E-state index in [2.05, 4.69) is 5.32 Å². The minimum atomic E-state index is -0.792. The summed E-state index contributed by atoms with van der Waals surface area (Å²) in [7, 11) is 1.20. The van der Waals surface area contributed by atoms with Crippen LogP contribution in [0.4, 0.5) is 11.4 Å². The number of esters is 2. The molecule has 4 rings (SSSR count). The molecule has 8 nitrogen and oxygen atoms in total. The van der Waals surface area contributed by atoms with Crippen molar-refractivity contribution in [3.05, 3.63) is 98.7 Å². The number of ether oxygens (including phenoxy) is 2. The summed E-state index contributed by atoms with van der Waals surface area (Å²) in [6.45, 7) is 3.63. The van der Waals surface area contributed by atoms with Gasteiger partial charge < -0.3 is 14.8 Å². The van der Waals surface area contributed by atoms with Crippen LogP contribution in [0.25, 0.3) is 0 Å². The number of para-hydroxylation sites is 1. The second kappa shape index (κ2) is 10.5. The normalized spacial score (nSPS) is 13.2. The highest BCUT2D eigenvalue weighted by Gasteiger charge is 2.40. The van der Waals surface area contributed by atoms with Crippen LogP contribution in [0.2, 0.25) is 5.02 Å². The van der Waals surface area contributed by atoms with Crippen molar-refractivity contribution in [1.29, 1.82) is 0 Å². The fourth-order valence-corrected chi connectivity index (χ4v) is 4.07. The lowest BCUT2D eigenvalue weighted by molar-refractivity contribution is -0.120. The van der Waals surface area contributed by atoms with Crippen molar-refractivity contribution < 1.29 is 28.7 Å². The van der Waals surface area contributed by atoms with Crippen molar-refractivity contribution in [2.75, 3.05) is 17.3 Å². The number of nitrogens with zero attached hydrogens (tertiary/aromatic N) is 1. The molecular weight excluding hydrogens is 519 g/mol. The van der Waals surface area contributed by atoms with E-state index in [-0.39, 0.29) is 27.5 Å². The average Bonchev–Trinajstić information content (AvgIpc) is 3.09. The molecular formula is C27H20Cl2N2O6.